The average Bonchev–Trinajstić information content (AvgIpc) is 3.16. The maximum absolute atomic E-state index is 12.3. The Kier molecular flexibility index (Phi) is 4.05. The first-order valence-corrected chi connectivity index (χ1v) is 9.12. The predicted molar refractivity (Wildman–Crippen MR) is 102 cm³/mol. The van der Waals surface area contributed by atoms with Crippen LogP contribution < -0.4 is 10.6 Å². The van der Waals surface area contributed by atoms with Crippen molar-refractivity contribution in [1.29, 1.82) is 0 Å². The van der Waals surface area contributed by atoms with Gasteiger partial charge in [-0.2, -0.15) is 4.98 Å². The molecule has 2 aliphatic rings. The van der Waals surface area contributed by atoms with Gasteiger partial charge < -0.3 is 15.5 Å². The van der Waals surface area contributed by atoms with E-state index in [4.69, 9.17) is 5.73 Å². The standard InChI is InChI=1S/C20H25N5O/c1-12-6-4-5-7-16(12)18-17-11-24(9-15(17)10-25(18)14(3)26)20-22-8-13(2)19(21)23-20/h4-8,15,17-18H,9-11H2,1-3H3,(H2,21,22,23)/t15-,17-,18-/m1/s1. The Balaban J connectivity index is 1.65. The first kappa shape index (κ1) is 16.8. The molecule has 136 valence electrons. The second kappa shape index (κ2) is 6.27. The van der Waals surface area contributed by atoms with Crippen LogP contribution in [0.3, 0.4) is 0 Å². The quantitative estimate of drug-likeness (QED) is 0.899. The molecule has 1 amide bonds. The summed E-state index contributed by atoms with van der Waals surface area (Å²) in [6.45, 7) is 8.20. The molecule has 0 unspecified atom stereocenters. The lowest BCUT2D eigenvalue weighted by atomic mass is 9.87. The number of hydrogen-bond donors (Lipinski definition) is 1. The van der Waals surface area contributed by atoms with Crippen LogP contribution in [0.1, 0.15) is 29.7 Å². The van der Waals surface area contributed by atoms with Crippen molar-refractivity contribution in [2.75, 3.05) is 30.3 Å². The van der Waals surface area contributed by atoms with E-state index in [0.29, 0.717) is 23.6 Å². The summed E-state index contributed by atoms with van der Waals surface area (Å²) in [7, 11) is 0. The van der Waals surface area contributed by atoms with Gasteiger partial charge in [-0.3, -0.25) is 4.79 Å². The Labute approximate surface area is 154 Å². The zero-order chi connectivity index (χ0) is 18.4. The molecule has 1 aromatic heterocycles. The van der Waals surface area contributed by atoms with E-state index in [2.05, 4.69) is 40.0 Å². The number of hydrogen-bond acceptors (Lipinski definition) is 5. The van der Waals surface area contributed by atoms with Gasteiger partial charge in [0.05, 0.1) is 6.04 Å². The van der Waals surface area contributed by atoms with Crippen molar-refractivity contribution in [2.24, 2.45) is 11.8 Å². The molecule has 0 spiro atoms. The summed E-state index contributed by atoms with van der Waals surface area (Å²) in [6, 6.07) is 8.50. The lowest BCUT2D eigenvalue weighted by Crippen LogP contribution is -2.35. The van der Waals surface area contributed by atoms with Gasteiger partial charge in [-0.1, -0.05) is 24.3 Å². The van der Waals surface area contributed by atoms with Crippen LogP contribution in [0.2, 0.25) is 0 Å². The Morgan fingerprint density at radius 3 is 2.62 bits per heavy atom. The number of nitrogens with zero attached hydrogens (tertiary/aromatic N) is 4. The molecule has 1 aromatic carbocycles. The van der Waals surface area contributed by atoms with E-state index in [0.717, 1.165) is 25.2 Å². The number of fused-ring (bicyclic) bond motifs is 1. The maximum Gasteiger partial charge on any atom is 0.227 e. The lowest BCUT2D eigenvalue weighted by molar-refractivity contribution is -0.130. The minimum Gasteiger partial charge on any atom is -0.383 e. The van der Waals surface area contributed by atoms with Crippen LogP contribution in [-0.4, -0.2) is 40.4 Å². The van der Waals surface area contributed by atoms with Gasteiger partial charge >= 0.3 is 0 Å². The summed E-state index contributed by atoms with van der Waals surface area (Å²) >= 11 is 0. The molecule has 3 atom stereocenters. The topological polar surface area (TPSA) is 75.4 Å². The number of likely N-dealkylation sites (tertiary alicyclic amines) is 1. The smallest absolute Gasteiger partial charge is 0.227 e. The van der Waals surface area contributed by atoms with Crippen LogP contribution in [0.25, 0.3) is 0 Å². The number of rotatable bonds is 2. The zero-order valence-electron chi connectivity index (χ0n) is 15.5. The molecule has 2 saturated heterocycles. The number of nitrogen functional groups attached to an aromatic ring is 1. The molecule has 6 nitrogen and oxygen atoms in total. The minimum atomic E-state index is 0.117. The third-order valence-electron chi connectivity index (χ3n) is 5.86. The number of carbonyl (C=O) groups excluding carboxylic acids is 1. The summed E-state index contributed by atoms with van der Waals surface area (Å²) in [5.74, 6) is 2.18. The monoisotopic (exact) mass is 351 g/mol. The summed E-state index contributed by atoms with van der Waals surface area (Å²) in [5, 5.41) is 0. The molecule has 2 aliphatic heterocycles. The van der Waals surface area contributed by atoms with Crippen molar-refractivity contribution in [3.63, 3.8) is 0 Å². The van der Waals surface area contributed by atoms with Crippen LogP contribution in [0, 0.1) is 25.7 Å². The van der Waals surface area contributed by atoms with Crippen LogP contribution in [-0.2, 0) is 4.79 Å². The molecule has 0 saturated carbocycles. The van der Waals surface area contributed by atoms with Crippen molar-refractivity contribution in [3.05, 3.63) is 47.2 Å². The second-order valence-corrected chi connectivity index (χ2v) is 7.54. The molecular weight excluding hydrogens is 326 g/mol. The number of benzene rings is 1. The zero-order valence-corrected chi connectivity index (χ0v) is 15.5. The number of anilines is 2. The van der Waals surface area contributed by atoms with Gasteiger partial charge in [-0.05, 0) is 25.0 Å². The highest BCUT2D eigenvalue weighted by atomic mass is 16.2. The highest BCUT2D eigenvalue weighted by molar-refractivity contribution is 5.74. The van der Waals surface area contributed by atoms with Crippen molar-refractivity contribution in [3.8, 4) is 0 Å². The maximum atomic E-state index is 12.3. The van der Waals surface area contributed by atoms with E-state index in [-0.39, 0.29) is 11.9 Å². The molecule has 0 bridgehead atoms. The Morgan fingerprint density at radius 2 is 1.92 bits per heavy atom. The fourth-order valence-corrected chi connectivity index (χ4v) is 4.45. The minimum absolute atomic E-state index is 0.117. The Hall–Kier alpha value is -2.63. The Morgan fingerprint density at radius 1 is 1.15 bits per heavy atom. The SMILES string of the molecule is CC(=O)N1C[C@H]2CN(c3ncc(C)c(N)n3)C[C@H]2[C@H]1c1ccccc1C. The predicted octanol–water partition coefficient (Wildman–Crippen LogP) is 2.33. The normalized spacial score (nSPS) is 24.8. The highest BCUT2D eigenvalue weighted by Crippen LogP contribution is 2.46. The second-order valence-electron chi connectivity index (χ2n) is 7.54. The van der Waals surface area contributed by atoms with Gasteiger partial charge in [-0.25, -0.2) is 4.98 Å². The van der Waals surface area contributed by atoms with Gasteiger partial charge in [0.25, 0.3) is 0 Å². The number of aromatic nitrogens is 2. The van der Waals surface area contributed by atoms with Gasteiger partial charge in [0.2, 0.25) is 11.9 Å². The van der Waals surface area contributed by atoms with Crippen LogP contribution in [0.4, 0.5) is 11.8 Å². The van der Waals surface area contributed by atoms with E-state index in [1.165, 1.54) is 11.1 Å². The van der Waals surface area contributed by atoms with Gasteiger partial charge in [0.15, 0.2) is 0 Å². The molecule has 4 rings (SSSR count). The molecule has 3 heterocycles. The summed E-state index contributed by atoms with van der Waals surface area (Å²) < 4.78 is 0. The molecule has 0 aliphatic carbocycles. The molecule has 26 heavy (non-hydrogen) atoms. The number of amides is 1. The van der Waals surface area contributed by atoms with Crippen LogP contribution >= 0.6 is 0 Å². The summed E-state index contributed by atoms with van der Waals surface area (Å²) in [4.78, 5) is 25.5. The molecule has 0 radical (unpaired) electrons. The van der Waals surface area contributed by atoms with Crippen molar-refractivity contribution < 1.29 is 4.79 Å². The van der Waals surface area contributed by atoms with E-state index in [1.807, 2.05) is 17.9 Å². The third kappa shape index (κ3) is 2.69. The largest absolute Gasteiger partial charge is 0.383 e. The number of nitrogens with two attached hydrogens (primary N) is 1. The van der Waals surface area contributed by atoms with Gasteiger partial charge in [0.1, 0.15) is 5.82 Å². The van der Waals surface area contributed by atoms with Crippen LogP contribution in [0.15, 0.2) is 30.5 Å². The summed E-state index contributed by atoms with van der Waals surface area (Å²) in [5.41, 5.74) is 9.36. The van der Waals surface area contributed by atoms with E-state index >= 15 is 0 Å². The first-order valence-electron chi connectivity index (χ1n) is 9.12. The van der Waals surface area contributed by atoms with Crippen LogP contribution in [0.5, 0.6) is 0 Å². The molecular formula is C20H25N5O. The van der Waals surface area contributed by atoms with E-state index in [9.17, 15) is 4.79 Å². The lowest BCUT2D eigenvalue weighted by Gasteiger charge is -2.30. The fraction of sp³-hybridized carbons (Fsp3) is 0.450. The van der Waals surface area contributed by atoms with E-state index < -0.39 is 0 Å². The third-order valence-corrected chi connectivity index (χ3v) is 5.86. The van der Waals surface area contributed by atoms with Gasteiger partial charge in [0, 0.05) is 50.2 Å². The average molecular weight is 351 g/mol. The Bertz CT molecular complexity index is 852. The molecule has 6 heteroatoms. The van der Waals surface area contributed by atoms with Crippen molar-refractivity contribution >= 4 is 17.7 Å². The van der Waals surface area contributed by atoms with Crippen molar-refractivity contribution in [1.82, 2.24) is 14.9 Å². The summed E-state index contributed by atoms with van der Waals surface area (Å²) in [6.07, 6.45) is 1.78. The molecule has 2 fully saturated rings. The van der Waals surface area contributed by atoms with E-state index in [1.54, 1.807) is 13.1 Å². The van der Waals surface area contributed by atoms with Crippen molar-refractivity contribution in [2.45, 2.75) is 26.8 Å². The fourth-order valence-electron chi connectivity index (χ4n) is 4.45. The number of aryl methyl sites for hydroxylation is 2. The highest BCUT2D eigenvalue weighted by Gasteiger charge is 2.49. The number of carbonyl (C=O) groups is 1. The molecule has 2 aromatic rings. The molecule has 2 N–H and O–H groups in total. The van der Waals surface area contributed by atoms with Gasteiger partial charge in [-0.15, -0.1) is 0 Å². The first-order chi connectivity index (χ1) is 12.5.